The van der Waals surface area contributed by atoms with Crippen LogP contribution in [0.5, 0.6) is 0 Å². The van der Waals surface area contributed by atoms with Gasteiger partial charge in [0.15, 0.2) is 0 Å². The normalized spacial score (nSPS) is 16.1. The molecule has 1 unspecified atom stereocenters. The van der Waals surface area contributed by atoms with E-state index in [1.165, 1.54) is 29.4 Å². The van der Waals surface area contributed by atoms with Crippen LogP contribution in [0.25, 0.3) is 33.2 Å². The van der Waals surface area contributed by atoms with Gasteiger partial charge in [0.1, 0.15) is 11.2 Å². The van der Waals surface area contributed by atoms with Crippen LogP contribution in [0, 0.1) is 0 Å². The van der Waals surface area contributed by atoms with E-state index < -0.39 is 5.89 Å². The number of furan rings is 1. The third-order valence-electron chi connectivity index (χ3n) is 6.67. The second-order valence-corrected chi connectivity index (χ2v) is 8.49. The van der Waals surface area contributed by atoms with Gasteiger partial charge in [-0.2, -0.15) is 0 Å². The fourth-order valence-electron chi connectivity index (χ4n) is 4.95. The Morgan fingerprint density at radius 2 is 1.68 bits per heavy atom. The van der Waals surface area contributed by atoms with Gasteiger partial charge in [-0.05, 0) is 66.1 Å². The number of pyridine rings is 1. The Morgan fingerprint density at radius 3 is 2.58 bits per heavy atom. The minimum absolute atomic E-state index is 0.843. The van der Waals surface area contributed by atoms with E-state index in [4.69, 9.17) is 5.79 Å². The topological polar surface area (TPSA) is 26.0 Å². The lowest BCUT2D eigenvalue weighted by Gasteiger charge is -2.15. The van der Waals surface area contributed by atoms with Crippen molar-refractivity contribution in [2.24, 2.45) is 0 Å². The quantitative estimate of drug-likeness (QED) is 0.308. The van der Waals surface area contributed by atoms with E-state index in [9.17, 15) is 0 Å². The molecule has 0 N–H and O–H groups in total. The lowest BCUT2D eigenvalue weighted by atomic mass is 9.90. The second kappa shape index (κ2) is 7.39. The highest BCUT2D eigenvalue weighted by Crippen LogP contribution is 2.39. The van der Waals surface area contributed by atoms with Gasteiger partial charge in [-0.15, -0.1) is 0 Å². The third-order valence-corrected chi connectivity index (χ3v) is 6.67. The minimum Gasteiger partial charge on any atom is -0.455 e. The van der Waals surface area contributed by atoms with Crippen LogP contribution < -0.4 is 0 Å². The molecule has 152 valence electrons. The zero-order valence-corrected chi connectivity index (χ0v) is 17.7. The summed E-state index contributed by atoms with van der Waals surface area (Å²) in [4.78, 5) is 4.68. The molecule has 0 aliphatic heterocycles. The van der Waals surface area contributed by atoms with Gasteiger partial charge < -0.3 is 4.42 Å². The standard InChI is InChI=1S/C29H25NO/c1-19(20-8-3-2-4-9-20)22-16-17-30-27(18-22)26-13-7-12-24-25-15-14-21-10-5-6-11-23(21)28(25)31-29(24)26/h2-4,7-9,12-19H,5-6,10-11H2,1H3/i19D. The van der Waals surface area contributed by atoms with Gasteiger partial charge in [-0.1, -0.05) is 61.5 Å². The fourth-order valence-corrected chi connectivity index (χ4v) is 4.95. The monoisotopic (exact) mass is 404 g/mol. The van der Waals surface area contributed by atoms with E-state index in [1.54, 1.807) is 0 Å². The number of hydrogen-bond donors (Lipinski definition) is 0. The Labute approximate surface area is 184 Å². The molecule has 0 bridgehead atoms. The summed E-state index contributed by atoms with van der Waals surface area (Å²) >= 11 is 0. The molecule has 0 radical (unpaired) electrons. The van der Waals surface area contributed by atoms with Gasteiger partial charge in [0.25, 0.3) is 0 Å². The van der Waals surface area contributed by atoms with Gasteiger partial charge >= 0.3 is 0 Å². The van der Waals surface area contributed by atoms with Crippen molar-refractivity contribution in [1.82, 2.24) is 4.98 Å². The molecule has 6 rings (SSSR count). The van der Waals surface area contributed by atoms with E-state index in [1.807, 2.05) is 55.6 Å². The Hall–Kier alpha value is -3.39. The first-order chi connectivity index (χ1) is 15.6. The summed E-state index contributed by atoms with van der Waals surface area (Å²) < 4.78 is 15.6. The van der Waals surface area contributed by atoms with Crippen LogP contribution in [0.1, 0.15) is 49.3 Å². The SMILES string of the molecule is [2H]C(C)(c1ccccc1)c1ccnc(-c2cccc3c2oc2c4c(ccc23)CCCC4)c1. The molecule has 0 saturated heterocycles. The molecule has 3 aromatic carbocycles. The van der Waals surface area contributed by atoms with Crippen LogP contribution in [0.15, 0.2) is 83.4 Å². The number of aryl methyl sites for hydroxylation is 2. The molecule has 5 aromatic rings. The Balaban J connectivity index is 1.53. The first kappa shape index (κ1) is 17.3. The first-order valence-electron chi connectivity index (χ1n) is 11.6. The average molecular weight is 405 g/mol. The molecule has 0 saturated carbocycles. The summed E-state index contributed by atoms with van der Waals surface area (Å²) in [6, 6.07) is 24.8. The van der Waals surface area contributed by atoms with Crippen molar-refractivity contribution in [2.75, 3.05) is 0 Å². The van der Waals surface area contributed by atoms with Crippen LogP contribution in [-0.2, 0) is 12.8 Å². The summed E-state index contributed by atoms with van der Waals surface area (Å²) in [5.74, 6) is -0.861. The molecule has 0 fully saturated rings. The number of rotatable bonds is 3. The lowest BCUT2D eigenvalue weighted by molar-refractivity contribution is 0.638. The van der Waals surface area contributed by atoms with Gasteiger partial charge in [-0.3, -0.25) is 4.98 Å². The van der Waals surface area contributed by atoms with Crippen molar-refractivity contribution >= 4 is 21.9 Å². The zero-order chi connectivity index (χ0) is 21.7. The zero-order valence-electron chi connectivity index (χ0n) is 18.7. The molecule has 0 amide bonds. The lowest BCUT2D eigenvalue weighted by Crippen LogP contribution is -2.02. The molecular weight excluding hydrogens is 378 g/mol. The smallest absolute Gasteiger partial charge is 0.144 e. The Kier molecular flexibility index (Phi) is 4.12. The van der Waals surface area contributed by atoms with Crippen molar-refractivity contribution in [3.05, 3.63) is 101 Å². The predicted molar refractivity (Wildman–Crippen MR) is 128 cm³/mol. The van der Waals surface area contributed by atoms with Crippen molar-refractivity contribution in [3.63, 3.8) is 0 Å². The maximum atomic E-state index is 9.07. The van der Waals surface area contributed by atoms with Crippen molar-refractivity contribution in [2.45, 2.75) is 38.5 Å². The van der Waals surface area contributed by atoms with Gasteiger partial charge in [0.2, 0.25) is 0 Å². The van der Waals surface area contributed by atoms with Crippen molar-refractivity contribution < 1.29 is 5.79 Å². The second-order valence-electron chi connectivity index (χ2n) is 8.49. The van der Waals surface area contributed by atoms with E-state index in [2.05, 4.69) is 35.3 Å². The molecule has 0 spiro atoms. The third kappa shape index (κ3) is 3.06. The summed E-state index contributed by atoms with van der Waals surface area (Å²) in [7, 11) is 0. The number of hydrogen-bond acceptors (Lipinski definition) is 2. The van der Waals surface area contributed by atoms with Crippen LogP contribution in [-0.4, -0.2) is 4.98 Å². The number of nitrogens with zero attached hydrogens (tertiary/aromatic N) is 1. The summed E-state index contributed by atoms with van der Waals surface area (Å²) in [5, 5.41) is 2.32. The maximum absolute atomic E-state index is 9.07. The number of para-hydroxylation sites is 1. The molecule has 1 aliphatic rings. The molecule has 2 heterocycles. The Bertz CT molecular complexity index is 1450. The molecule has 2 heteroatoms. The molecule has 2 aromatic heterocycles. The highest BCUT2D eigenvalue weighted by molar-refractivity contribution is 6.10. The largest absolute Gasteiger partial charge is 0.455 e. The molecule has 1 aliphatic carbocycles. The van der Waals surface area contributed by atoms with Crippen molar-refractivity contribution in [3.8, 4) is 11.3 Å². The van der Waals surface area contributed by atoms with Crippen LogP contribution >= 0.6 is 0 Å². The van der Waals surface area contributed by atoms with Gasteiger partial charge in [0.05, 0.1) is 5.69 Å². The highest BCUT2D eigenvalue weighted by Gasteiger charge is 2.19. The summed E-state index contributed by atoms with van der Waals surface area (Å²) in [5.41, 5.74) is 8.43. The first-order valence-corrected chi connectivity index (χ1v) is 11.1. The van der Waals surface area contributed by atoms with Gasteiger partial charge in [-0.25, -0.2) is 0 Å². The van der Waals surface area contributed by atoms with Gasteiger partial charge in [0, 0.05) is 29.8 Å². The molecule has 1 atom stereocenters. The van der Waals surface area contributed by atoms with Crippen LogP contribution in [0.4, 0.5) is 0 Å². The number of aromatic nitrogens is 1. The molecular formula is C29H25NO. The predicted octanol–water partition coefficient (Wildman–Crippen LogP) is 7.68. The number of benzene rings is 3. The fraction of sp³-hybridized carbons (Fsp3) is 0.207. The maximum Gasteiger partial charge on any atom is 0.144 e. The summed E-state index contributed by atoms with van der Waals surface area (Å²) in [6.07, 6.45) is 6.52. The molecule has 2 nitrogen and oxygen atoms in total. The van der Waals surface area contributed by atoms with E-state index in [0.29, 0.717) is 0 Å². The van der Waals surface area contributed by atoms with E-state index in [-0.39, 0.29) is 0 Å². The number of fused-ring (bicyclic) bond motifs is 5. The van der Waals surface area contributed by atoms with Crippen molar-refractivity contribution in [1.29, 1.82) is 0 Å². The summed E-state index contributed by atoms with van der Waals surface area (Å²) in [6.45, 7) is 1.94. The average Bonchev–Trinajstić information content (AvgIpc) is 3.24. The van der Waals surface area contributed by atoms with Crippen LogP contribution in [0.3, 0.4) is 0 Å². The van der Waals surface area contributed by atoms with Crippen LogP contribution in [0.2, 0.25) is 0 Å². The Morgan fingerprint density at radius 1 is 0.839 bits per heavy atom. The minimum atomic E-state index is -0.861. The molecule has 31 heavy (non-hydrogen) atoms. The highest BCUT2D eigenvalue weighted by atomic mass is 16.3. The van der Waals surface area contributed by atoms with E-state index in [0.717, 1.165) is 51.8 Å². The van der Waals surface area contributed by atoms with E-state index >= 15 is 0 Å².